The van der Waals surface area contributed by atoms with Crippen molar-refractivity contribution in [3.8, 4) is 34.9 Å². The van der Waals surface area contributed by atoms with Gasteiger partial charge in [0, 0.05) is 63.6 Å². The number of piperidine rings is 1. The Hall–Kier alpha value is -6.06. The van der Waals surface area contributed by atoms with Crippen LogP contribution in [0.1, 0.15) is 54.1 Å². The summed E-state index contributed by atoms with van der Waals surface area (Å²) in [6.07, 6.45) is 3.68. The number of likely N-dealkylation sites (N-methyl/N-ethyl adjacent to an activating group) is 1. The predicted octanol–water partition coefficient (Wildman–Crippen LogP) is 4.92. The van der Waals surface area contributed by atoms with Crippen LogP contribution in [-0.2, 0) is 9.53 Å². The van der Waals surface area contributed by atoms with Gasteiger partial charge in [0.25, 0.3) is 11.8 Å². The van der Waals surface area contributed by atoms with Gasteiger partial charge in [0.15, 0.2) is 0 Å². The summed E-state index contributed by atoms with van der Waals surface area (Å²) in [6, 6.07) is 25.9. The Morgan fingerprint density at radius 2 is 1.59 bits per heavy atom. The number of amides is 2. The van der Waals surface area contributed by atoms with E-state index in [4.69, 9.17) is 19.5 Å². The summed E-state index contributed by atoms with van der Waals surface area (Å²) in [5, 5.41) is 34.3. The molecule has 3 N–H and O–H groups in total. The van der Waals surface area contributed by atoms with Crippen LogP contribution in [0.15, 0.2) is 79.0 Å². The molecule has 0 spiro atoms. The Morgan fingerprint density at radius 1 is 0.929 bits per heavy atom. The zero-order chi connectivity index (χ0) is 39.9. The molecule has 1 aromatic heterocycles. The molecule has 0 radical (unpaired) electrons. The van der Waals surface area contributed by atoms with Crippen molar-refractivity contribution in [3.05, 3.63) is 95.7 Å². The third-order valence-electron chi connectivity index (χ3n) is 9.19. The van der Waals surface area contributed by atoms with E-state index in [1.54, 1.807) is 53.6 Å². The van der Waals surface area contributed by atoms with Crippen molar-refractivity contribution in [3.63, 3.8) is 0 Å². The third-order valence-corrected chi connectivity index (χ3v) is 9.19. The van der Waals surface area contributed by atoms with Crippen molar-refractivity contribution in [2.24, 2.45) is 0 Å². The minimum absolute atomic E-state index is 0.138. The summed E-state index contributed by atoms with van der Waals surface area (Å²) in [6.45, 7) is 5.20. The van der Waals surface area contributed by atoms with Gasteiger partial charge in [0.05, 0.1) is 41.3 Å². The number of aliphatic hydroxyl groups is 1. The SMILES string of the molecule is C[C@H](O)C(=O)N1CCC(Oc2ccc(-c3ccnc(Nc4ccccc4C(=O)NCCN(C)C)n3)cc2C#N)CC1.N#Cc1ccccc1OC1CCOCC1. The second-order valence-electron chi connectivity index (χ2n) is 13.7. The van der Waals surface area contributed by atoms with Crippen LogP contribution < -0.4 is 20.1 Å². The van der Waals surface area contributed by atoms with E-state index in [-0.39, 0.29) is 24.0 Å². The Bertz CT molecular complexity index is 2010. The third kappa shape index (κ3) is 11.7. The van der Waals surface area contributed by atoms with E-state index in [9.17, 15) is 20.0 Å². The molecule has 14 nitrogen and oxygen atoms in total. The normalized spacial score (nSPS) is 15.0. The Kier molecular flexibility index (Phi) is 15.1. The summed E-state index contributed by atoms with van der Waals surface area (Å²) in [5.74, 6) is 0.995. The fraction of sp³-hybridized carbons (Fsp3) is 0.381. The maximum absolute atomic E-state index is 12.8. The van der Waals surface area contributed by atoms with Crippen LogP contribution in [0.2, 0.25) is 0 Å². The molecule has 6 rings (SSSR count). The van der Waals surface area contributed by atoms with Gasteiger partial charge in [0.2, 0.25) is 5.95 Å². The van der Waals surface area contributed by atoms with Crippen molar-refractivity contribution in [1.82, 2.24) is 25.1 Å². The molecule has 292 valence electrons. The number of carbonyl (C=O) groups excluding carboxylic acids is 2. The van der Waals surface area contributed by atoms with Crippen LogP contribution in [0.25, 0.3) is 11.3 Å². The first-order valence-electron chi connectivity index (χ1n) is 18.7. The number of anilines is 2. The number of aromatic nitrogens is 2. The number of hydrogen-bond acceptors (Lipinski definition) is 12. The molecule has 0 bridgehead atoms. The molecule has 2 saturated heterocycles. The summed E-state index contributed by atoms with van der Waals surface area (Å²) >= 11 is 0. The standard InChI is InChI=1S/C30H35N7O4.C12H13NO2/c1-20(38)29(40)37-15-11-23(12-16-37)41-27-9-8-21(18-22(27)19-31)25-10-13-33-30(34-25)35-26-7-5-4-6-24(26)28(39)32-14-17-36(2)3;13-9-10-3-1-2-4-12(10)15-11-5-7-14-8-6-11/h4-10,13,18,20,23,38H,11-12,14-17H2,1-3H3,(H,32,39)(H,33,34,35);1-4,11H,5-8H2/t20-;/m0./s1. The van der Waals surface area contributed by atoms with Gasteiger partial charge in [0.1, 0.15) is 41.9 Å². The Labute approximate surface area is 327 Å². The van der Waals surface area contributed by atoms with Crippen LogP contribution in [0.4, 0.5) is 11.6 Å². The van der Waals surface area contributed by atoms with Gasteiger partial charge in [-0.2, -0.15) is 10.5 Å². The number of para-hydroxylation sites is 2. The number of ether oxygens (including phenoxy) is 3. The van der Waals surface area contributed by atoms with E-state index in [1.165, 1.54) is 6.92 Å². The lowest BCUT2D eigenvalue weighted by atomic mass is 10.1. The lowest BCUT2D eigenvalue weighted by molar-refractivity contribution is -0.141. The van der Waals surface area contributed by atoms with E-state index in [0.29, 0.717) is 83.6 Å². The van der Waals surface area contributed by atoms with E-state index >= 15 is 0 Å². The molecule has 4 aromatic rings. The van der Waals surface area contributed by atoms with Crippen molar-refractivity contribution >= 4 is 23.5 Å². The number of rotatable bonds is 12. The molecule has 0 unspecified atom stereocenters. The molecule has 2 aliphatic heterocycles. The van der Waals surface area contributed by atoms with Gasteiger partial charge < -0.3 is 39.8 Å². The van der Waals surface area contributed by atoms with Crippen LogP contribution in [0.5, 0.6) is 11.5 Å². The van der Waals surface area contributed by atoms with E-state index in [2.05, 4.69) is 32.7 Å². The van der Waals surface area contributed by atoms with E-state index in [0.717, 1.165) is 32.6 Å². The monoisotopic (exact) mass is 760 g/mol. The van der Waals surface area contributed by atoms with Crippen molar-refractivity contribution in [1.29, 1.82) is 10.5 Å². The fourth-order valence-corrected chi connectivity index (χ4v) is 6.13. The lowest BCUT2D eigenvalue weighted by Gasteiger charge is -2.33. The highest BCUT2D eigenvalue weighted by molar-refractivity contribution is 6.00. The van der Waals surface area contributed by atoms with Crippen LogP contribution in [0, 0.1) is 22.7 Å². The molecule has 0 saturated carbocycles. The summed E-state index contributed by atoms with van der Waals surface area (Å²) < 4.78 is 17.2. The second-order valence-corrected chi connectivity index (χ2v) is 13.7. The smallest absolute Gasteiger partial charge is 0.253 e. The van der Waals surface area contributed by atoms with Gasteiger partial charge in [-0.1, -0.05) is 24.3 Å². The fourth-order valence-electron chi connectivity index (χ4n) is 6.13. The molecular formula is C42H48N8O6. The van der Waals surface area contributed by atoms with Crippen molar-refractivity contribution < 1.29 is 28.9 Å². The van der Waals surface area contributed by atoms with Gasteiger partial charge >= 0.3 is 0 Å². The topological polar surface area (TPSA) is 186 Å². The number of nitriles is 2. The van der Waals surface area contributed by atoms with Crippen LogP contribution in [0.3, 0.4) is 0 Å². The average Bonchev–Trinajstić information content (AvgIpc) is 3.22. The Morgan fingerprint density at radius 3 is 2.29 bits per heavy atom. The number of likely N-dealkylation sites (tertiary alicyclic amines) is 1. The molecular weight excluding hydrogens is 713 g/mol. The maximum Gasteiger partial charge on any atom is 0.253 e. The Balaban J connectivity index is 0.000000332. The van der Waals surface area contributed by atoms with Crippen LogP contribution >= 0.6 is 0 Å². The van der Waals surface area contributed by atoms with E-state index < -0.39 is 6.10 Å². The van der Waals surface area contributed by atoms with Crippen molar-refractivity contribution in [2.75, 3.05) is 58.8 Å². The molecule has 56 heavy (non-hydrogen) atoms. The van der Waals surface area contributed by atoms with Gasteiger partial charge in [-0.25, -0.2) is 9.97 Å². The average molecular weight is 761 g/mol. The lowest BCUT2D eigenvalue weighted by Crippen LogP contribution is -2.45. The number of carbonyl (C=O) groups is 2. The number of benzene rings is 3. The molecule has 3 heterocycles. The van der Waals surface area contributed by atoms with Gasteiger partial charge in [-0.3, -0.25) is 9.59 Å². The second kappa shape index (κ2) is 20.6. The highest BCUT2D eigenvalue weighted by atomic mass is 16.5. The molecule has 3 aromatic carbocycles. The van der Waals surface area contributed by atoms with Crippen LogP contribution in [-0.4, -0.2) is 108 Å². The van der Waals surface area contributed by atoms with Crippen molar-refractivity contribution in [2.45, 2.75) is 50.9 Å². The first-order valence-corrected chi connectivity index (χ1v) is 18.7. The number of nitrogens with one attached hydrogen (secondary N) is 2. The highest BCUT2D eigenvalue weighted by Gasteiger charge is 2.26. The molecule has 1 atom stereocenters. The first-order chi connectivity index (χ1) is 27.1. The van der Waals surface area contributed by atoms with Gasteiger partial charge in [-0.05, 0) is 69.6 Å². The summed E-state index contributed by atoms with van der Waals surface area (Å²) in [4.78, 5) is 37.3. The molecule has 2 aliphatic rings. The molecule has 14 heteroatoms. The van der Waals surface area contributed by atoms with Gasteiger partial charge in [-0.15, -0.1) is 0 Å². The molecule has 0 aliphatic carbocycles. The first kappa shape index (κ1) is 41.1. The summed E-state index contributed by atoms with van der Waals surface area (Å²) in [5.41, 5.74) is 3.35. The zero-order valence-electron chi connectivity index (χ0n) is 32.0. The number of nitrogens with zero attached hydrogens (tertiary/aromatic N) is 6. The maximum atomic E-state index is 12.8. The minimum Gasteiger partial charge on any atom is -0.489 e. The number of aliphatic hydroxyl groups excluding tert-OH is 1. The molecule has 2 fully saturated rings. The number of hydrogen-bond donors (Lipinski definition) is 3. The summed E-state index contributed by atoms with van der Waals surface area (Å²) in [7, 11) is 3.89. The quantitative estimate of drug-likeness (QED) is 0.177. The minimum atomic E-state index is -1.02. The molecule has 2 amide bonds. The predicted molar refractivity (Wildman–Crippen MR) is 210 cm³/mol. The van der Waals surface area contributed by atoms with E-state index in [1.807, 2.05) is 49.3 Å². The highest BCUT2D eigenvalue weighted by Crippen LogP contribution is 2.29. The largest absolute Gasteiger partial charge is 0.489 e. The zero-order valence-corrected chi connectivity index (χ0v) is 32.0.